The molecule has 4 heteroatoms. The Morgan fingerprint density at radius 1 is 1.54 bits per heavy atom. The van der Waals surface area contributed by atoms with Gasteiger partial charge in [0.15, 0.2) is 0 Å². The lowest BCUT2D eigenvalue weighted by molar-refractivity contribution is -0.140. The van der Waals surface area contributed by atoms with Crippen molar-refractivity contribution in [2.45, 2.75) is 18.3 Å². The summed E-state index contributed by atoms with van der Waals surface area (Å²) in [5.41, 5.74) is 0.177. The van der Waals surface area contributed by atoms with Gasteiger partial charge in [0, 0.05) is 6.20 Å². The second kappa shape index (κ2) is 2.80. The largest absolute Gasteiger partial charge is 0.481 e. The van der Waals surface area contributed by atoms with Gasteiger partial charge in [-0.2, -0.15) is 0 Å². The Balaban J connectivity index is 2.36. The van der Waals surface area contributed by atoms with Gasteiger partial charge < -0.3 is 5.11 Å². The highest BCUT2D eigenvalue weighted by Gasteiger charge is 2.51. The highest BCUT2D eigenvalue weighted by molar-refractivity contribution is 9.10. The summed E-state index contributed by atoms with van der Waals surface area (Å²) in [5, 5.41) is 8.99. The van der Waals surface area contributed by atoms with Crippen LogP contribution in [0.5, 0.6) is 0 Å². The van der Waals surface area contributed by atoms with E-state index in [4.69, 9.17) is 5.11 Å². The minimum Gasteiger partial charge on any atom is -0.481 e. The number of hydrogen-bond acceptors (Lipinski definition) is 2. The van der Waals surface area contributed by atoms with E-state index < -0.39 is 11.4 Å². The minimum atomic E-state index is -0.739. The molecule has 1 heterocycles. The number of rotatable bonds is 2. The molecule has 3 nitrogen and oxygen atoms in total. The van der Waals surface area contributed by atoms with Crippen molar-refractivity contribution in [2.24, 2.45) is 0 Å². The first kappa shape index (κ1) is 8.69. The number of aromatic nitrogens is 1. The van der Waals surface area contributed by atoms with Crippen LogP contribution in [0.15, 0.2) is 22.9 Å². The number of pyridine rings is 1. The Morgan fingerprint density at radius 3 is 2.62 bits per heavy atom. The van der Waals surface area contributed by atoms with Crippen LogP contribution < -0.4 is 0 Å². The zero-order valence-electron chi connectivity index (χ0n) is 6.83. The average Bonchev–Trinajstić information content (AvgIpc) is 2.86. The first-order valence-corrected chi connectivity index (χ1v) is 4.80. The van der Waals surface area contributed by atoms with Crippen molar-refractivity contribution in [2.75, 3.05) is 0 Å². The fourth-order valence-corrected chi connectivity index (χ4v) is 1.64. The van der Waals surface area contributed by atoms with Crippen LogP contribution in [0.25, 0.3) is 0 Å². The van der Waals surface area contributed by atoms with E-state index in [2.05, 4.69) is 20.9 Å². The summed E-state index contributed by atoms with van der Waals surface area (Å²) >= 11 is 3.21. The van der Waals surface area contributed by atoms with Crippen molar-refractivity contribution < 1.29 is 9.90 Å². The molecular weight excluding hydrogens is 234 g/mol. The van der Waals surface area contributed by atoms with E-state index in [9.17, 15) is 4.79 Å². The number of halogens is 1. The van der Waals surface area contributed by atoms with Crippen LogP contribution in [-0.4, -0.2) is 16.1 Å². The first-order valence-electron chi connectivity index (χ1n) is 4.00. The summed E-state index contributed by atoms with van der Waals surface area (Å²) in [7, 11) is 0. The Kier molecular flexibility index (Phi) is 1.87. The van der Waals surface area contributed by atoms with Crippen LogP contribution >= 0.6 is 15.9 Å². The molecule has 0 aromatic carbocycles. The van der Waals surface area contributed by atoms with Crippen LogP contribution in [0.2, 0.25) is 0 Å². The topological polar surface area (TPSA) is 50.2 Å². The molecule has 0 spiro atoms. The molecule has 1 aliphatic carbocycles. The summed E-state index contributed by atoms with van der Waals surface area (Å²) in [5.74, 6) is -0.739. The summed E-state index contributed by atoms with van der Waals surface area (Å²) in [6.45, 7) is 0. The van der Waals surface area contributed by atoms with Crippen molar-refractivity contribution >= 4 is 21.9 Å². The van der Waals surface area contributed by atoms with E-state index in [0.717, 1.165) is 23.0 Å². The standard InChI is InChI=1S/C9H8BrNO2/c10-7-2-1-6(5-11-7)9(3-4-9)8(12)13/h1-2,5H,3-4H2,(H,12,13). The van der Waals surface area contributed by atoms with E-state index in [1.807, 2.05) is 6.07 Å². The van der Waals surface area contributed by atoms with Gasteiger partial charge in [0.1, 0.15) is 4.60 Å². The van der Waals surface area contributed by atoms with E-state index >= 15 is 0 Å². The zero-order valence-corrected chi connectivity index (χ0v) is 8.41. The molecule has 1 aromatic heterocycles. The molecule has 0 amide bonds. The zero-order chi connectivity index (χ0) is 9.47. The highest BCUT2D eigenvalue weighted by atomic mass is 79.9. The van der Waals surface area contributed by atoms with Crippen LogP contribution in [0, 0.1) is 0 Å². The maximum absolute atomic E-state index is 10.9. The lowest BCUT2D eigenvalue weighted by Crippen LogP contribution is -2.19. The van der Waals surface area contributed by atoms with E-state index in [0.29, 0.717) is 0 Å². The van der Waals surface area contributed by atoms with Crippen LogP contribution in [0.3, 0.4) is 0 Å². The number of carboxylic acids is 1. The normalized spacial score (nSPS) is 18.2. The third kappa shape index (κ3) is 1.35. The predicted octanol–water partition coefficient (Wildman–Crippen LogP) is 1.96. The first-order chi connectivity index (χ1) is 6.15. The van der Waals surface area contributed by atoms with Gasteiger partial charge in [-0.25, -0.2) is 4.98 Å². The number of hydrogen-bond donors (Lipinski definition) is 1. The average molecular weight is 242 g/mol. The molecule has 0 saturated heterocycles. The SMILES string of the molecule is O=C(O)C1(c2ccc(Br)nc2)CC1. The second-order valence-corrected chi connectivity index (χ2v) is 4.07. The van der Waals surface area contributed by atoms with Crippen molar-refractivity contribution in [1.29, 1.82) is 0 Å². The summed E-state index contributed by atoms with van der Waals surface area (Å²) < 4.78 is 0.734. The molecule has 1 N–H and O–H groups in total. The highest BCUT2D eigenvalue weighted by Crippen LogP contribution is 2.48. The van der Waals surface area contributed by atoms with E-state index in [-0.39, 0.29) is 0 Å². The fourth-order valence-electron chi connectivity index (χ4n) is 1.41. The molecule has 13 heavy (non-hydrogen) atoms. The van der Waals surface area contributed by atoms with Crippen LogP contribution in [0.4, 0.5) is 0 Å². The van der Waals surface area contributed by atoms with E-state index in [1.54, 1.807) is 12.3 Å². The molecular formula is C9H8BrNO2. The van der Waals surface area contributed by atoms with E-state index in [1.165, 1.54) is 0 Å². The number of aliphatic carboxylic acids is 1. The van der Waals surface area contributed by atoms with Crippen molar-refractivity contribution in [3.8, 4) is 0 Å². The molecule has 1 aliphatic rings. The quantitative estimate of drug-likeness (QED) is 0.806. The molecule has 1 aromatic rings. The molecule has 0 radical (unpaired) electrons. The summed E-state index contributed by atoms with van der Waals surface area (Å²) in [4.78, 5) is 15.0. The summed E-state index contributed by atoms with van der Waals surface area (Å²) in [6, 6.07) is 3.59. The molecule has 1 saturated carbocycles. The lowest BCUT2D eigenvalue weighted by atomic mass is 9.98. The Labute approximate surface area is 83.9 Å². The van der Waals surface area contributed by atoms with Gasteiger partial charge in [0.05, 0.1) is 5.41 Å². The van der Waals surface area contributed by atoms with Gasteiger partial charge in [0.25, 0.3) is 0 Å². The van der Waals surface area contributed by atoms with Gasteiger partial charge in [-0.1, -0.05) is 6.07 Å². The Morgan fingerprint density at radius 2 is 2.23 bits per heavy atom. The monoisotopic (exact) mass is 241 g/mol. The molecule has 2 rings (SSSR count). The smallest absolute Gasteiger partial charge is 0.314 e. The number of carboxylic acid groups (broad SMARTS) is 1. The Bertz CT molecular complexity index is 343. The Hall–Kier alpha value is -0.900. The van der Waals surface area contributed by atoms with Crippen molar-refractivity contribution in [3.63, 3.8) is 0 Å². The lowest BCUT2D eigenvalue weighted by Gasteiger charge is -2.08. The molecule has 0 aliphatic heterocycles. The number of nitrogens with zero attached hydrogens (tertiary/aromatic N) is 1. The molecule has 0 bridgehead atoms. The fraction of sp³-hybridized carbons (Fsp3) is 0.333. The molecule has 1 fully saturated rings. The minimum absolute atomic E-state index is 0.631. The number of carbonyl (C=O) groups is 1. The van der Waals surface area contributed by atoms with Crippen LogP contribution in [-0.2, 0) is 10.2 Å². The maximum atomic E-state index is 10.9. The van der Waals surface area contributed by atoms with Crippen molar-refractivity contribution in [1.82, 2.24) is 4.98 Å². The summed E-state index contributed by atoms with van der Waals surface area (Å²) in [6.07, 6.45) is 3.09. The third-order valence-corrected chi connectivity index (χ3v) is 2.91. The van der Waals surface area contributed by atoms with Gasteiger partial charge >= 0.3 is 5.97 Å². The van der Waals surface area contributed by atoms with Crippen LogP contribution in [0.1, 0.15) is 18.4 Å². The second-order valence-electron chi connectivity index (χ2n) is 3.26. The molecule has 0 unspecified atom stereocenters. The maximum Gasteiger partial charge on any atom is 0.314 e. The van der Waals surface area contributed by atoms with Crippen molar-refractivity contribution in [3.05, 3.63) is 28.5 Å². The van der Waals surface area contributed by atoms with Gasteiger partial charge in [-0.05, 0) is 40.4 Å². The third-order valence-electron chi connectivity index (χ3n) is 2.44. The van der Waals surface area contributed by atoms with Gasteiger partial charge in [-0.3, -0.25) is 4.79 Å². The molecule has 0 atom stereocenters. The predicted molar refractivity (Wildman–Crippen MR) is 50.5 cm³/mol. The van der Waals surface area contributed by atoms with Gasteiger partial charge in [-0.15, -0.1) is 0 Å². The van der Waals surface area contributed by atoms with Gasteiger partial charge in [0.2, 0.25) is 0 Å². The molecule has 68 valence electrons.